The first-order valence-corrected chi connectivity index (χ1v) is 8.91. The fraction of sp³-hybridized carbons (Fsp3) is 0.462. The van der Waals surface area contributed by atoms with Crippen molar-refractivity contribution in [2.45, 2.75) is 35.7 Å². The molecule has 19 heavy (non-hydrogen) atoms. The van der Waals surface area contributed by atoms with E-state index in [4.69, 9.17) is 12.6 Å². The van der Waals surface area contributed by atoms with Crippen molar-refractivity contribution in [3.63, 3.8) is 0 Å². The van der Waals surface area contributed by atoms with Crippen molar-refractivity contribution in [3.8, 4) is 0 Å². The first-order valence-electron chi connectivity index (χ1n) is 6.12. The normalized spacial score (nSPS) is 16.2. The van der Waals surface area contributed by atoms with Gasteiger partial charge in [-0.2, -0.15) is 25.3 Å². The first-order chi connectivity index (χ1) is 9.15. The van der Waals surface area contributed by atoms with Crippen molar-refractivity contribution in [3.05, 3.63) is 40.1 Å². The Labute approximate surface area is 133 Å². The van der Waals surface area contributed by atoms with Gasteiger partial charge >= 0.3 is 0 Å². The minimum absolute atomic E-state index is 0.134. The highest BCUT2D eigenvalue weighted by molar-refractivity contribution is 7.81. The van der Waals surface area contributed by atoms with Gasteiger partial charge in [0.15, 0.2) is 0 Å². The van der Waals surface area contributed by atoms with Gasteiger partial charge in [-0.3, -0.25) is 0 Å². The van der Waals surface area contributed by atoms with Crippen LogP contribution in [0.4, 0.5) is 0 Å². The van der Waals surface area contributed by atoms with Crippen LogP contribution >= 0.6 is 47.9 Å². The van der Waals surface area contributed by atoms with Crippen LogP contribution in [0.15, 0.2) is 23.2 Å². The molecule has 0 aliphatic heterocycles. The molecule has 0 aliphatic rings. The van der Waals surface area contributed by atoms with Crippen LogP contribution in [0.25, 0.3) is 0 Å². The van der Waals surface area contributed by atoms with E-state index in [1.54, 1.807) is 22.7 Å². The SMILES string of the molecule is [CH2]C(S)CC(CC(S)Cc1nccs1)c1nccs1. The third kappa shape index (κ3) is 5.10. The van der Waals surface area contributed by atoms with E-state index in [2.05, 4.69) is 29.5 Å². The molecule has 2 rings (SSSR count). The standard InChI is InChI=1S/C13H17N2S4/c1-9(16)6-10(13-15-3-5-19-13)7-11(17)8-12-14-2-4-18-12/h2-5,9-11,16-17H,1,6-8H2. The molecule has 0 fully saturated rings. The second-order valence-electron chi connectivity index (χ2n) is 4.48. The Balaban J connectivity index is 1.95. The molecule has 2 nitrogen and oxygen atoms in total. The van der Waals surface area contributed by atoms with Crippen molar-refractivity contribution in [1.29, 1.82) is 0 Å². The molecule has 0 N–H and O–H groups in total. The van der Waals surface area contributed by atoms with E-state index in [-0.39, 0.29) is 5.25 Å². The second-order valence-corrected chi connectivity index (χ2v) is 7.84. The molecule has 3 unspecified atom stereocenters. The van der Waals surface area contributed by atoms with Crippen molar-refractivity contribution < 1.29 is 0 Å². The van der Waals surface area contributed by atoms with Crippen LogP contribution in [-0.4, -0.2) is 20.5 Å². The van der Waals surface area contributed by atoms with Crippen LogP contribution in [0.2, 0.25) is 0 Å². The number of nitrogens with zero attached hydrogens (tertiary/aromatic N) is 2. The molecule has 6 heteroatoms. The van der Waals surface area contributed by atoms with Gasteiger partial charge in [-0.15, -0.1) is 22.7 Å². The Morgan fingerprint density at radius 2 is 1.84 bits per heavy atom. The van der Waals surface area contributed by atoms with E-state index >= 15 is 0 Å². The highest BCUT2D eigenvalue weighted by atomic mass is 32.1. The highest BCUT2D eigenvalue weighted by Gasteiger charge is 2.20. The van der Waals surface area contributed by atoms with Crippen LogP contribution in [0.1, 0.15) is 28.8 Å². The zero-order valence-electron chi connectivity index (χ0n) is 10.5. The molecule has 0 aromatic carbocycles. The van der Waals surface area contributed by atoms with Crippen LogP contribution in [-0.2, 0) is 6.42 Å². The number of thiol groups is 2. The highest BCUT2D eigenvalue weighted by Crippen LogP contribution is 2.31. The lowest BCUT2D eigenvalue weighted by molar-refractivity contribution is 0.569. The molecule has 0 spiro atoms. The van der Waals surface area contributed by atoms with Gasteiger partial charge in [0.2, 0.25) is 0 Å². The number of hydrogen-bond acceptors (Lipinski definition) is 6. The van der Waals surface area contributed by atoms with Crippen molar-refractivity contribution in [1.82, 2.24) is 9.97 Å². The zero-order chi connectivity index (χ0) is 13.7. The molecule has 2 aromatic heterocycles. The topological polar surface area (TPSA) is 25.8 Å². The predicted molar refractivity (Wildman–Crippen MR) is 90.8 cm³/mol. The summed E-state index contributed by atoms with van der Waals surface area (Å²) in [5, 5.41) is 6.78. The summed E-state index contributed by atoms with van der Waals surface area (Å²) in [7, 11) is 0. The first kappa shape index (κ1) is 15.4. The van der Waals surface area contributed by atoms with Crippen molar-refractivity contribution in [2.75, 3.05) is 0 Å². The summed E-state index contributed by atoms with van der Waals surface area (Å²) in [5.41, 5.74) is 0. The van der Waals surface area contributed by atoms with Crippen molar-refractivity contribution in [2.24, 2.45) is 0 Å². The molecule has 0 bridgehead atoms. The number of rotatable bonds is 7. The predicted octanol–water partition coefficient (Wildman–Crippen LogP) is 4.14. The average Bonchev–Trinajstić information content (AvgIpc) is 2.99. The maximum Gasteiger partial charge on any atom is 0.0956 e. The van der Waals surface area contributed by atoms with Crippen molar-refractivity contribution >= 4 is 47.9 Å². The van der Waals surface area contributed by atoms with Gasteiger partial charge in [-0.05, 0) is 19.8 Å². The van der Waals surface area contributed by atoms with Gasteiger partial charge in [0.05, 0.1) is 10.0 Å². The monoisotopic (exact) mass is 329 g/mol. The maximum absolute atomic E-state index is 4.71. The second kappa shape index (κ2) is 7.67. The van der Waals surface area contributed by atoms with Gasteiger partial charge in [0.25, 0.3) is 0 Å². The molecular weight excluding hydrogens is 312 g/mol. The Hall–Kier alpha value is -0.0400. The third-order valence-electron chi connectivity index (χ3n) is 2.81. The van der Waals surface area contributed by atoms with Crippen LogP contribution < -0.4 is 0 Å². The smallest absolute Gasteiger partial charge is 0.0956 e. The van der Waals surface area contributed by atoms with Crippen LogP contribution in [0.3, 0.4) is 0 Å². The molecule has 2 heterocycles. The molecule has 3 atom stereocenters. The third-order valence-corrected chi connectivity index (χ3v) is 5.15. The van der Waals surface area contributed by atoms with E-state index in [1.165, 1.54) is 5.01 Å². The van der Waals surface area contributed by atoms with Gasteiger partial charge in [-0.1, -0.05) is 0 Å². The van der Waals surface area contributed by atoms with Gasteiger partial charge < -0.3 is 0 Å². The van der Waals surface area contributed by atoms with E-state index < -0.39 is 0 Å². The molecule has 0 saturated heterocycles. The van der Waals surface area contributed by atoms with E-state index in [0.717, 1.165) is 24.3 Å². The lowest BCUT2D eigenvalue weighted by Gasteiger charge is -2.19. The molecule has 0 amide bonds. The Kier molecular flexibility index (Phi) is 6.19. The average molecular weight is 330 g/mol. The summed E-state index contributed by atoms with van der Waals surface area (Å²) in [4.78, 5) is 8.75. The minimum atomic E-state index is 0.134. The zero-order valence-corrected chi connectivity index (χ0v) is 13.9. The fourth-order valence-corrected chi connectivity index (χ4v) is 4.30. The summed E-state index contributed by atoms with van der Waals surface area (Å²) in [6.45, 7) is 3.98. The van der Waals surface area contributed by atoms with Crippen LogP contribution in [0, 0.1) is 6.92 Å². The molecular formula is C13H17N2S4. The molecule has 1 radical (unpaired) electrons. The summed E-state index contributed by atoms with van der Waals surface area (Å²) >= 11 is 12.5. The number of thiazole rings is 2. The Bertz CT molecular complexity index is 453. The molecule has 2 aromatic rings. The van der Waals surface area contributed by atoms with E-state index in [9.17, 15) is 0 Å². The van der Waals surface area contributed by atoms with Gasteiger partial charge in [-0.25, -0.2) is 9.97 Å². The Morgan fingerprint density at radius 1 is 1.11 bits per heavy atom. The lowest BCUT2D eigenvalue weighted by atomic mass is 9.97. The Morgan fingerprint density at radius 3 is 2.42 bits per heavy atom. The minimum Gasteiger partial charge on any atom is -0.250 e. The quantitative estimate of drug-likeness (QED) is 0.747. The lowest BCUT2D eigenvalue weighted by Crippen LogP contribution is -2.13. The summed E-state index contributed by atoms with van der Waals surface area (Å²) < 4.78 is 0. The van der Waals surface area contributed by atoms with Crippen LogP contribution in [0.5, 0.6) is 0 Å². The number of aromatic nitrogens is 2. The number of hydrogen-bond donors (Lipinski definition) is 2. The summed E-state index contributed by atoms with van der Waals surface area (Å²) in [5.74, 6) is 0.391. The molecule has 103 valence electrons. The van der Waals surface area contributed by atoms with E-state index in [0.29, 0.717) is 11.2 Å². The fourth-order valence-electron chi connectivity index (χ4n) is 2.03. The molecule has 0 saturated carbocycles. The van der Waals surface area contributed by atoms with Gasteiger partial charge in [0, 0.05) is 46.0 Å². The van der Waals surface area contributed by atoms with E-state index in [1.807, 2.05) is 23.2 Å². The van der Waals surface area contributed by atoms with Gasteiger partial charge in [0.1, 0.15) is 0 Å². The summed E-state index contributed by atoms with van der Waals surface area (Å²) in [6, 6.07) is 0. The largest absolute Gasteiger partial charge is 0.250 e. The molecule has 0 aliphatic carbocycles. The maximum atomic E-state index is 4.71. The summed E-state index contributed by atoms with van der Waals surface area (Å²) in [6.07, 6.45) is 6.54.